The van der Waals surface area contributed by atoms with Crippen LogP contribution in [0.5, 0.6) is 5.75 Å². The zero-order valence-corrected chi connectivity index (χ0v) is 15.7. The van der Waals surface area contributed by atoms with Crippen LogP contribution in [-0.2, 0) is 0 Å². The molecule has 28 heavy (non-hydrogen) atoms. The summed E-state index contributed by atoms with van der Waals surface area (Å²) in [6, 6.07) is 10.8. The zero-order valence-electron chi connectivity index (χ0n) is 15.7. The number of Topliss-reactive ketones (excluding diaryl/α,β-unsaturated/α-hetero) is 1. The van der Waals surface area contributed by atoms with E-state index < -0.39 is 0 Å². The van der Waals surface area contributed by atoms with Gasteiger partial charge in [0, 0.05) is 42.6 Å². The highest BCUT2D eigenvalue weighted by Crippen LogP contribution is 2.31. The number of carbonyl (C=O) groups excluding carboxylic acids is 1. The molecule has 0 spiro atoms. The van der Waals surface area contributed by atoms with Crippen molar-refractivity contribution < 1.29 is 14.3 Å². The number of hydrogen-bond acceptors (Lipinski definition) is 5. The first kappa shape index (κ1) is 18.4. The van der Waals surface area contributed by atoms with Crippen molar-refractivity contribution >= 4 is 22.5 Å². The molecule has 4 rings (SSSR count). The molecule has 3 aromatic rings. The Morgan fingerprint density at radius 3 is 2.86 bits per heavy atom. The Hall–Kier alpha value is -2.93. The Bertz CT molecular complexity index is 986. The highest BCUT2D eigenvalue weighted by molar-refractivity contribution is 5.99. The zero-order chi connectivity index (χ0) is 19.7. The number of piperazine rings is 1. The average Bonchev–Trinajstić information content (AvgIpc) is 3.12. The Balaban J connectivity index is 1.68. The Kier molecular flexibility index (Phi) is 5.00. The number of anilines is 1. The normalized spacial score (nSPS) is 18.4. The lowest BCUT2D eigenvalue weighted by molar-refractivity contribution is 0.0889. The monoisotopic (exact) mass is 382 g/mol. The van der Waals surface area contributed by atoms with Crippen LogP contribution in [0.15, 0.2) is 42.5 Å². The van der Waals surface area contributed by atoms with E-state index >= 15 is 0 Å². The van der Waals surface area contributed by atoms with Crippen LogP contribution in [0.2, 0.25) is 0 Å². The van der Waals surface area contributed by atoms with Crippen LogP contribution in [0.4, 0.5) is 10.2 Å². The van der Waals surface area contributed by atoms with Gasteiger partial charge in [-0.1, -0.05) is 6.92 Å². The SMILES string of the molecule is CCC(C(=O)c1ccc(F)cc1)C1CNCCN1c1n[nH]c2cc(O)ccc12. The highest BCUT2D eigenvalue weighted by atomic mass is 19.1. The molecule has 1 aliphatic rings. The van der Waals surface area contributed by atoms with Crippen molar-refractivity contribution in [3.63, 3.8) is 0 Å². The van der Waals surface area contributed by atoms with Crippen LogP contribution in [-0.4, -0.2) is 46.8 Å². The molecule has 0 bridgehead atoms. The van der Waals surface area contributed by atoms with E-state index in [0.717, 1.165) is 29.8 Å². The number of aromatic hydroxyl groups is 1. The van der Waals surface area contributed by atoms with Crippen LogP contribution in [0, 0.1) is 11.7 Å². The third kappa shape index (κ3) is 3.33. The van der Waals surface area contributed by atoms with Gasteiger partial charge in [0.25, 0.3) is 0 Å². The number of halogens is 1. The molecule has 2 heterocycles. The maximum atomic E-state index is 13.3. The lowest BCUT2D eigenvalue weighted by atomic mass is 9.86. The maximum Gasteiger partial charge on any atom is 0.168 e. The summed E-state index contributed by atoms with van der Waals surface area (Å²) in [5.41, 5.74) is 1.28. The molecule has 7 heteroatoms. The third-order valence-corrected chi connectivity index (χ3v) is 5.45. The largest absolute Gasteiger partial charge is 0.508 e. The smallest absolute Gasteiger partial charge is 0.168 e. The van der Waals surface area contributed by atoms with Gasteiger partial charge in [0.2, 0.25) is 0 Å². The number of aromatic amines is 1. The second-order valence-electron chi connectivity index (χ2n) is 7.13. The summed E-state index contributed by atoms with van der Waals surface area (Å²) in [5, 5.41) is 21.4. The van der Waals surface area contributed by atoms with E-state index in [1.807, 2.05) is 13.0 Å². The summed E-state index contributed by atoms with van der Waals surface area (Å²) in [4.78, 5) is 15.3. The van der Waals surface area contributed by atoms with Crippen LogP contribution < -0.4 is 10.2 Å². The fraction of sp³-hybridized carbons (Fsp3) is 0.333. The minimum atomic E-state index is -0.350. The van der Waals surface area contributed by atoms with Crippen LogP contribution in [0.3, 0.4) is 0 Å². The average molecular weight is 382 g/mol. The molecule has 1 saturated heterocycles. The van der Waals surface area contributed by atoms with Gasteiger partial charge in [-0.2, -0.15) is 5.10 Å². The van der Waals surface area contributed by atoms with Gasteiger partial charge in [0.1, 0.15) is 11.6 Å². The molecule has 6 nitrogen and oxygen atoms in total. The second-order valence-corrected chi connectivity index (χ2v) is 7.13. The topological polar surface area (TPSA) is 81.2 Å². The molecule has 2 unspecified atom stereocenters. The molecule has 0 radical (unpaired) electrons. The van der Waals surface area contributed by atoms with Crippen molar-refractivity contribution in [2.75, 3.05) is 24.5 Å². The van der Waals surface area contributed by atoms with E-state index in [9.17, 15) is 14.3 Å². The molecule has 0 saturated carbocycles. The molecule has 0 aliphatic carbocycles. The quantitative estimate of drug-likeness (QED) is 0.591. The molecule has 0 amide bonds. The standard InChI is InChI=1S/C21H23FN4O2/c1-2-16(20(28)13-3-5-14(22)6-4-13)19-12-23-9-10-26(19)21-17-8-7-15(27)11-18(17)24-25-21/h3-8,11,16,19,23,27H,2,9-10,12H2,1H3,(H,24,25). The number of H-pyrrole nitrogens is 1. The molecule has 2 aromatic carbocycles. The Morgan fingerprint density at radius 1 is 1.32 bits per heavy atom. The number of phenolic OH excluding ortho intramolecular Hbond substituents is 1. The lowest BCUT2D eigenvalue weighted by Gasteiger charge is -2.40. The fourth-order valence-electron chi connectivity index (χ4n) is 4.02. The van der Waals surface area contributed by atoms with Crippen LogP contribution in [0.1, 0.15) is 23.7 Å². The van der Waals surface area contributed by atoms with Gasteiger partial charge in [-0.15, -0.1) is 0 Å². The summed E-state index contributed by atoms with van der Waals surface area (Å²) in [6.45, 7) is 4.18. The maximum absolute atomic E-state index is 13.3. The molecule has 146 valence electrons. The molecule has 1 aliphatic heterocycles. The van der Waals surface area contributed by atoms with E-state index in [1.54, 1.807) is 24.3 Å². The van der Waals surface area contributed by atoms with Gasteiger partial charge in [-0.3, -0.25) is 9.89 Å². The number of ketones is 1. The van der Waals surface area contributed by atoms with Gasteiger partial charge in [0.15, 0.2) is 11.6 Å². The van der Waals surface area contributed by atoms with Crippen molar-refractivity contribution in [2.24, 2.45) is 5.92 Å². The first-order valence-corrected chi connectivity index (χ1v) is 9.52. The van der Waals surface area contributed by atoms with Gasteiger partial charge in [-0.05, 0) is 42.8 Å². The minimum Gasteiger partial charge on any atom is -0.508 e. The second kappa shape index (κ2) is 7.59. The minimum absolute atomic E-state index is 0.0127. The number of nitrogens with zero attached hydrogens (tertiary/aromatic N) is 2. The fourth-order valence-corrected chi connectivity index (χ4v) is 4.02. The summed E-state index contributed by atoms with van der Waals surface area (Å²) in [6.07, 6.45) is 0.669. The van der Waals surface area contributed by atoms with E-state index in [0.29, 0.717) is 18.5 Å². The Morgan fingerprint density at radius 2 is 2.11 bits per heavy atom. The van der Waals surface area contributed by atoms with Gasteiger partial charge in [-0.25, -0.2) is 4.39 Å². The number of fused-ring (bicyclic) bond motifs is 1. The molecule has 1 fully saturated rings. The first-order valence-electron chi connectivity index (χ1n) is 9.52. The molecule has 1 aromatic heterocycles. The van der Waals surface area contributed by atoms with E-state index in [4.69, 9.17) is 0 Å². The van der Waals surface area contributed by atoms with Crippen molar-refractivity contribution in [3.8, 4) is 5.75 Å². The van der Waals surface area contributed by atoms with E-state index in [-0.39, 0.29) is 29.3 Å². The van der Waals surface area contributed by atoms with Crippen molar-refractivity contribution in [1.29, 1.82) is 0 Å². The van der Waals surface area contributed by atoms with Gasteiger partial charge in [0.05, 0.1) is 11.6 Å². The Labute approximate surface area is 162 Å². The molecular formula is C21H23FN4O2. The van der Waals surface area contributed by atoms with Crippen molar-refractivity contribution in [1.82, 2.24) is 15.5 Å². The van der Waals surface area contributed by atoms with Crippen LogP contribution in [0.25, 0.3) is 10.9 Å². The number of aromatic nitrogens is 2. The van der Waals surface area contributed by atoms with Crippen molar-refractivity contribution in [2.45, 2.75) is 19.4 Å². The summed E-state index contributed by atoms with van der Waals surface area (Å²) in [7, 11) is 0. The predicted molar refractivity (Wildman–Crippen MR) is 106 cm³/mol. The summed E-state index contributed by atoms with van der Waals surface area (Å²) < 4.78 is 13.3. The van der Waals surface area contributed by atoms with E-state index in [1.165, 1.54) is 12.1 Å². The van der Waals surface area contributed by atoms with Crippen LogP contribution >= 0.6 is 0 Å². The number of nitrogens with one attached hydrogen (secondary N) is 2. The molecule has 2 atom stereocenters. The predicted octanol–water partition coefficient (Wildman–Crippen LogP) is 3.09. The van der Waals surface area contributed by atoms with Gasteiger partial charge >= 0.3 is 0 Å². The van der Waals surface area contributed by atoms with Gasteiger partial charge < -0.3 is 15.3 Å². The van der Waals surface area contributed by atoms with E-state index in [2.05, 4.69) is 20.4 Å². The third-order valence-electron chi connectivity index (χ3n) is 5.45. The molecule has 3 N–H and O–H groups in total. The summed E-state index contributed by atoms with van der Waals surface area (Å²) >= 11 is 0. The lowest BCUT2D eigenvalue weighted by Crippen LogP contribution is -2.56. The first-order chi connectivity index (χ1) is 13.6. The number of benzene rings is 2. The number of rotatable bonds is 5. The number of carbonyl (C=O) groups is 1. The summed E-state index contributed by atoms with van der Waals surface area (Å²) in [5.74, 6) is 0.377. The number of phenols is 1. The number of hydrogen-bond donors (Lipinski definition) is 3. The molecular weight excluding hydrogens is 359 g/mol. The van der Waals surface area contributed by atoms with Crippen molar-refractivity contribution in [3.05, 3.63) is 53.8 Å². The highest BCUT2D eigenvalue weighted by Gasteiger charge is 2.35.